The first-order valence-electron chi connectivity index (χ1n) is 7.64. The van der Waals surface area contributed by atoms with Gasteiger partial charge in [0.05, 0.1) is 5.52 Å². The second-order valence-corrected chi connectivity index (χ2v) is 5.33. The number of benzene rings is 2. The lowest BCUT2D eigenvalue weighted by atomic mass is 10.1. The molecule has 0 aliphatic carbocycles. The predicted octanol–water partition coefficient (Wildman–Crippen LogP) is 4.28. The topological polar surface area (TPSA) is 8.17 Å². The largest absolute Gasteiger partial charge is 0.339 e. The van der Waals surface area contributed by atoms with Gasteiger partial charge in [-0.25, -0.2) is 4.39 Å². The Morgan fingerprint density at radius 1 is 0.952 bits per heavy atom. The van der Waals surface area contributed by atoms with Crippen molar-refractivity contribution in [3.05, 3.63) is 48.3 Å². The van der Waals surface area contributed by atoms with Crippen LogP contribution in [-0.2, 0) is 6.54 Å². The van der Waals surface area contributed by atoms with Crippen LogP contribution in [0, 0.1) is 5.82 Å². The van der Waals surface area contributed by atoms with E-state index in [1.807, 2.05) is 24.3 Å². The van der Waals surface area contributed by atoms with E-state index < -0.39 is 0 Å². The highest BCUT2D eigenvalue weighted by Crippen LogP contribution is 2.30. The van der Waals surface area contributed by atoms with Crippen molar-refractivity contribution in [2.45, 2.75) is 20.4 Å². The standard InChI is InChI=1S/C18H21FN2/c1-3-20(4-2)12-13-21-16-10-6-5-8-14(16)18-15(19)9-7-11-17(18)21/h5-11H,3-4,12-13H2,1-2H3. The van der Waals surface area contributed by atoms with Gasteiger partial charge in [-0.05, 0) is 31.3 Å². The van der Waals surface area contributed by atoms with Crippen molar-refractivity contribution in [2.75, 3.05) is 19.6 Å². The Hall–Kier alpha value is -1.87. The van der Waals surface area contributed by atoms with Gasteiger partial charge < -0.3 is 9.47 Å². The molecule has 2 nitrogen and oxygen atoms in total. The smallest absolute Gasteiger partial charge is 0.133 e. The molecule has 21 heavy (non-hydrogen) atoms. The molecule has 0 spiro atoms. The minimum atomic E-state index is -0.134. The number of halogens is 1. The number of hydrogen-bond donors (Lipinski definition) is 0. The van der Waals surface area contributed by atoms with E-state index in [4.69, 9.17) is 0 Å². The molecular weight excluding hydrogens is 263 g/mol. The second-order valence-electron chi connectivity index (χ2n) is 5.33. The Labute approximate surface area is 124 Å². The number of hydrogen-bond acceptors (Lipinski definition) is 1. The van der Waals surface area contributed by atoms with Crippen molar-refractivity contribution in [3.63, 3.8) is 0 Å². The van der Waals surface area contributed by atoms with Crippen LogP contribution >= 0.6 is 0 Å². The third-order valence-electron chi connectivity index (χ3n) is 4.28. The number of fused-ring (bicyclic) bond motifs is 3. The van der Waals surface area contributed by atoms with Crippen LogP contribution < -0.4 is 0 Å². The molecule has 0 radical (unpaired) electrons. The fourth-order valence-corrected chi connectivity index (χ4v) is 3.08. The molecule has 0 saturated carbocycles. The maximum Gasteiger partial charge on any atom is 0.133 e. The van der Waals surface area contributed by atoms with Crippen LogP contribution in [0.1, 0.15) is 13.8 Å². The van der Waals surface area contributed by atoms with Crippen LogP contribution in [0.25, 0.3) is 21.8 Å². The highest BCUT2D eigenvalue weighted by Gasteiger charge is 2.13. The van der Waals surface area contributed by atoms with Crippen LogP contribution in [0.4, 0.5) is 4.39 Å². The first-order chi connectivity index (χ1) is 10.3. The molecule has 0 bridgehead atoms. The molecule has 3 aromatic rings. The van der Waals surface area contributed by atoms with E-state index in [0.717, 1.165) is 48.0 Å². The summed E-state index contributed by atoms with van der Waals surface area (Å²) in [6, 6.07) is 13.4. The number of aromatic nitrogens is 1. The summed E-state index contributed by atoms with van der Waals surface area (Å²) >= 11 is 0. The van der Waals surface area contributed by atoms with E-state index >= 15 is 0 Å². The Bertz CT molecular complexity index is 756. The van der Waals surface area contributed by atoms with Gasteiger partial charge in [0.1, 0.15) is 5.82 Å². The van der Waals surface area contributed by atoms with E-state index in [2.05, 4.69) is 29.4 Å². The van der Waals surface area contributed by atoms with Gasteiger partial charge in [-0.2, -0.15) is 0 Å². The highest BCUT2D eigenvalue weighted by atomic mass is 19.1. The van der Waals surface area contributed by atoms with Gasteiger partial charge in [-0.3, -0.25) is 0 Å². The monoisotopic (exact) mass is 284 g/mol. The van der Waals surface area contributed by atoms with Gasteiger partial charge in [0, 0.05) is 29.4 Å². The molecule has 0 N–H and O–H groups in total. The zero-order valence-electron chi connectivity index (χ0n) is 12.6. The van der Waals surface area contributed by atoms with Crippen LogP contribution in [0.5, 0.6) is 0 Å². The molecule has 0 aliphatic rings. The average Bonchev–Trinajstić information content (AvgIpc) is 2.84. The number of rotatable bonds is 5. The quantitative estimate of drug-likeness (QED) is 0.679. The van der Waals surface area contributed by atoms with E-state index in [1.54, 1.807) is 12.1 Å². The maximum atomic E-state index is 14.2. The van der Waals surface area contributed by atoms with Crippen molar-refractivity contribution in [2.24, 2.45) is 0 Å². The summed E-state index contributed by atoms with van der Waals surface area (Å²) < 4.78 is 16.5. The molecule has 0 saturated heterocycles. The predicted molar refractivity (Wildman–Crippen MR) is 87.2 cm³/mol. The molecular formula is C18H21FN2. The van der Waals surface area contributed by atoms with Gasteiger partial charge in [0.2, 0.25) is 0 Å². The minimum absolute atomic E-state index is 0.134. The average molecular weight is 284 g/mol. The van der Waals surface area contributed by atoms with E-state index in [-0.39, 0.29) is 5.82 Å². The molecule has 0 amide bonds. The summed E-state index contributed by atoms with van der Waals surface area (Å²) in [5.41, 5.74) is 2.10. The molecule has 3 rings (SSSR count). The van der Waals surface area contributed by atoms with Crippen molar-refractivity contribution >= 4 is 21.8 Å². The van der Waals surface area contributed by atoms with E-state index in [9.17, 15) is 4.39 Å². The molecule has 110 valence electrons. The lowest BCUT2D eigenvalue weighted by Gasteiger charge is -2.19. The van der Waals surface area contributed by atoms with Gasteiger partial charge >= 0.3 is 0 Å². The van der Waals surface area contributed by atoms with Crippen LogP contribution in [-0.4, -0.2) is 29.1 Å². The molecule has 1 aromatic heterocycles. The summed E-state index contributed by atoms with van der Waals surface area (Å²) in [5, 5.41) is 1.75. The zero-order chi connectivity index (χ0) is 14.8. The van der Waals surface area contributed by atoms with Crippen molar-refractivity contribution in [1.82, 2.24) is 9.47 Å². The number of nitrogens with zero attached hydrogens (tertiary/aromatic N) is 2. The Morgan fingerprint density at radius 3 is 2.43 bits per heavy atom. The van der Waals surface area contributed by atoms with Crippen molar-refractivity contribution < 1.29 is 4.39 Å². The molecule has 3 heteroatoms. The Morgan fingerprint density at radius 2 is 1.67 bits per heavy atom. The third kappa shape index (κ3) is 2.42. The third-order valence-corrected chi connectivity index (χ3v) is 4.28. The van der Waals surface area contributed by atoms with Gasteiger partial charge in [0.15, 0.2) is 0 Å². The molecule has 1 heterocycles. The summed E-state index contributed by atoms with van der Waals surface area (Å²) in [4.78, 5) is 2.39. The fourth-order valence-electron chi connectivity index (χ4n) is 3.08. The molecule has 2 aromatic carbocycles. The fraction of sp³-hybridized carbons (Fsp3) is 0.333. The van der Waals surface area contributed by atoms with Gasteiger partial charge in [0.25, 0.3) is 0 Å². The maximum absolute atomic E-state index is 14.2. The van der Waals surface area contributed by atoms with Crippen LogP contribution in [0.2, 0.25) is 0 Å². The van der Waals surface area contributed by atoms with E-state index in [0.29, 0.717) is 0 Å². The van der Waals surface area contributed by atoms with E-state index in [1.165, 1.54) is 0 Å². The van der Waals surface area contributed by atoms with Crippen LogP contribution in [0.3, 0.4) is 0 Å². The summed E-state index contributed by atoms with van der Waals surface area (Å²) in [6.45, 7) is 8.31. The molecule has 0 unspecified atom stereocenters. The lowest BCUT2D eigenvalue weighted by Crippen LogP contribution is -2.26. The summed E-state index contributed by atoms with van der Waals surface area (Å²) in [7, 11) is 0. The minimum Gasteiger partial charge on any atom is -0.339 e. The molecule has 0 fully saturated rings. The molecule has 0 aliphatic heterocycles. The number of para-hydroxylation sites is 1. The lowest BCUT2D eigenvalue weighted by molar-refractivity contribution is 0.293. The normalized spacial score (nSPS) is 11.8. The Balaban J connectivity index is 2.13. The zero-order valence-corrected chi connectivity index (χ0v) is 12.6. The van der Waals surface area contributed by atoms with Gasteiger partial charge in [-0.15, -0.1) is 0 Å². The summed E-state index contributed by atoms with van der Waals surface area (Å²) in [5.74, 6) is -0.134. The SMILES string of the molecule is CCN(CC)CCn1c2ccccc2c2c(F)cccc21. The highest BCUT2D eigenvalue weighted by molar-refractivity contribution is 6.08. The van der Waals surface area contributed by atoms with Crippen molar-refractivity contribution in [3.8, 4) is 0 Å². The van der Waals surface area contributed by atoms with Gasteiger partial charge in [-0.1, -0.05) is 38.1 Å². The van der Waals surface area contributed by atoms with Crippen molar-refractivity contribution in [1.29, 1.82) is 0 Å². The van der Waals surface area contributed by atoms with Crippen LogP contribution in [0.15, 0.2) is 42.5 Å². The number of likely N-dealkylation sites (N-methyl/N-ethyl adjacent to an activating group) is 1. The first-order valence-corrected chi connectivity index (χ1v) is 7.64. The molecule has 0 atom stereocenters. The Kier molecular flexibility index (Phi) is 3.93. The first kappa shape index (κ1) is 14.1. The second kappa shape index (κ2) is 5.86. The summed E-state index contributed by atoms with van der Waals surface area (Å²) in [6.07, 6.45) is 0.